The summed E-state index contributed by atoms with van der Waals surface area (Å²) in [5.41, 5.74) is 1.01. The fraction of sp³-hybridized carbons (Fsp3) is 0.222. The highest BCUT2D eigenvalue weighted by atomic mass is 32.2. The number of benzene rings is 2. The van der Waals surface area contributed by atoms with E-state index in [1.54, 1.807) is 61.9 Å². The van der Waals surface area contributed by atoms with Crippen molar-refractivity contribution >= 4 is 22.6 Å². The van der Waals surface area contributed by atoms with E-state index in [2.05, 4.69) is 10.6 Å². The molecule has 0 saturated carbocycles. The topological polar surface area (TPSA) is 84.5 Å². The van der Waals surface area contributed by atoms with Gasteiger partial charge in [-0.1, -0.05) is 0 Å². The molecule has 0 aromatic heterocycles. The first-order chi connectivity index (χ1) is 12.0. The van der Waals surface area contributed by atoms with Crippen molar-refractivity contribution in [2.45, 2.75) is 4.90 Å². The van der Waals surface area contributed by atoms with Crippen molar-refractivity contribution in [3.05, 3.63) is 59.7 Å². The van der Waals surface area contributed by atoms with Crippen LogP contribution < -0.4 is 15.4 Å². The van der Waals surface area contributed by atoms with Gasteiger partial charge in [0.15, 0.2) is 0 Å². The second kappa shape index (κ2) is 8.98. The lowest BCUT2D eigenvalue weighted by atomic mass is 10.2. The predicted molar refractivity (Wildman–Crippen MR) is 96.4 cm³/mol. The molecule has 0 spiro atoms. The van der Waals surface area contributed by atoms with E-state index in [9.17, 15) is 13.8 Å². The van der Waals surface area contributed by atoms with Gasteiger partial charge in [0.05, 0.1) is 7.11 Å². The summed E-state index contributed by atoms with van der Waals surface area (Å²) in [5.74, 6) is 0.223. The number of carbonyl (C=O) groups is 2. The van der Waals surface area contributed by atoms with Gasteiger partial charge in [0, 0.05) is 46.2 Å². The van der Waals surface area contributed by atoms with Crippen molar-refractivity contribution in [3.63, 3.8) is 0 Å². The van der Waals surface area contributed by atoms with Crippen LogP contribution in [0, 0.1) is 0 Å². The first kappa shape index (κ1) is 18.7. The van der Waals surface area contributed by atoms with Gasteiger partial charge in [0.25, 0.3) is 11.8 Å². The molecule has 2 rings (SSSR count). The Hall–Kier alpha value is -2.67. The van der Waals surface area contributed by atoms with E-state index in [1.165, 1.54) is 0 Å². The molecule has 1 unspecified atom stereocenters. The Kier molecular flexibility index (Phi) is 6.71. The summed E-state index contributed by atoms with van der Waals surface area (Å²) >= 11 is 0. The van der Waals surface area contributed by atoms with Crippen molar-refractivity contribution < 1.29 is 18.5 Å². The summed E-state index contributed by atoms with van der Waals surface area (Å²) in [6, 6.07) is 13.3. The van der Waals surface area contributed by atoms with Gasteiger partial charge in [-0.25, -0.2) is 0 Å². The lowest BCUT2D eigenvalue weighted by Gasteiger charge is -2.08. The predicted octanol–water partition coefficient (Wildman–Crippen LogP) is 1.59. The molecular formula is C18H20N2O4S. The fourth-order valence-electron chi connectivity index (χ4n) is 2.10. The Labute approximate surface area is 149 Å². The number of nitrogens with one attached hydrogen (secondary N) is 2. The standard InChI is InChI=1S/C18H20N2O4S/c1-24-15-7-3-13(4-8-15)17(21)19-11-12-20-18(22)14-5-9-16(10-6-14)25(2)23/h3-10H,11-12H2,1-2H3,(H,19,21)(H,20,22). The highest BCUT2D eigenvalue weighted by molar-refractivity contribution is 7.84. The highest BCUT2D eigenvalue weighted by Crippen LogP contribution is 2.11. The Bertz CT molecular complexity index is 758. The van der Waals surface area contributed by atoms with Gasteiger partial charge >= 0.3 is 0 Å². The lowest BCUT2D eigenvalue weighted by molar-refractivity contribution is 0.0927. The average molecular weight is 360 g/mol. The maximum absolute atomic E-state index is 12.0. The van der Waals surface area contributed by atoms with Crippen molar-refractivity contribution in [1.82, 2.24) is 10.6 Å². The third kappa shape index (κ3) is 5.42. The van der Waals surface area contributed by atoms with E-state index in [4.69, 9.17) is 4.74 Å². The van der Waals surface area contributed by atoms with Crippen molar-refractivity contribution in [2.24, 2.45) is 0 Å². The summed E-state index contributed by atoms with van der Waals surface area (Å²) in [7, 11) is 0.492. The molecule has 132 valence electrons. The van der Waals surface area contributed by atoms with Crippen LogP contribution >= 0.6 is 0 Å². The molecular weight excluding hydrogens is 340 g/mol. The molecule has 0 saturated heterocycles. The summed E-state index contributed by atoms with van der Waals surface area (Å²) < 4.78 is 16.4. The van der Waals surface area contributed by atoms with Gasteiger partial charge in [-0.3, -0.25) is 13.8 Å². The summed E-state index contributed by atoms with van der Waals surface area (Å²) in [6.45, 7) is 0.621. The van der Waals surface area contributed by atoms with Crippen molar-refractivity contribution in [2.75, 3.05) is 26.5 Å². The second-order valence-corrected chi connectivity index (χ2v) is 6.60. The average Bonchev–Trinajstić information content (AvgIpc) is 2.65. The molecule has 6 nitrogen and oxygen atoms in total. The van der Waals surface area contributed by atoms with Crippen LogP contribution in [0.25, 0.3) is 0 Å². The molecule has 1 atom stereocenters. The number of amides is 2. The molecule has 2 aromatic rings. The summed E-state index contributed by atoms with van der Waals surface area (Å²) in [5, 5.41) is 5.46. The van der Waals surface area contributed by atoms with Crippen LogP contribution in [0.15, 0.2) is 53.4 Å². The quantitative estimate of drug-likeness (QED) is 0.735. The van der Waals surface area contributed by atoms with Gasteiger partial charge in [0.2, 0.25) is 0 Å². The number of carbonyl (C=O) groups excluding carboxylic acids is 2. The lowest BCUT2D eigenvalue weighted by Crippen LogP contribution is -2.34. The molecule has 0 aliphatic heterocycles. The van der Waals surface area contributed by atoms with Gasteiger partial charge < -0.3 is 15.4 Å². The van der Waals surface area contributed by atoms with Crippen molar-refractivity contribution in [1.29, 1.82) is 0 Å². The normalized spacial score (nSPS) is 11.4. The summed E-state index contributed by atoms with van der Waals surface area (Å²) in [6.07, 6.45) is 1.58. The number of ether oxygens (including phenoxy) is 1. The Morgan fingerprint density at radius 2 is 1.32 bits per heavy atom. The zero-order chi connectivity index (χ0) is 18.2. The number of hydrogen-bond donors (Lipinski definition) is 2. The van der Waals surface area contributed by atoms with E-state index < -0.39 is 10.8 Å². The zero-order valence-electron chi connectivity index (χ0n) is 14.1. The zero-order valence-corrected chi connectivity index (χ0v) is 14.9. The summed E-state index contributed by atoms with van der Waals surface area (Å²) in [4.78, 5) is 24.6. The first-order valence-electron chi connectivity index (χ1n) is 7.65. The van der Waals surface area contributed by atoms with Gasteiger partial charge in [0.1, 0.15) is 5.75 Å². The smallest absolute Gasteiger partial charge is 0.251 e. The molecule has 0 bridgehead atoms. The maximum atomic E-state index is 12.0. The molecule has 0 fully saturated rings. The van der Waals surface area contributed by atoms with Crippen LogP contribution in [-0.2, 0) is 10.8 Å². The minimum absolute atomic E-state index is 0.216. The Balaban J connectivity index is 1.77. The van der Waals surface area contributed by atoms with Gasteiger partial charge in [-0.15, -0.1) is 0 Å². The van der Waals surface area contributed by atoms with E-state index in [1.807, 2.05) is 0 Å². The molecule has 0 aliphatic rings. The second-order valence-electron chi connectivity index (χ2n) is 5.22. The molecule has 0 radical (unpaired) electrons. The van der Waals surface area contributed by atoms with Crippen LogP contribution in [0.2, 0.25) is 0 Å². The van der Waals surface area contributed by atoms with E-state index in [0.29, 0.717) is 34.9 Å². The number of hydrogen-bond acceptors (Lipinski definition) is 4. The van der Waals surface area contributed by atoms with E-state index in [-0.39, 0.29) is 11.8 Å². The number of rotatable bonds is 7. The van der Waals surface area contributed by atoms with Crippen LogP contribution in [0.1, 0.15) is 20.7 Å². The monoisotopic (exact) mass is 360 g/mol. The third-order valence-corrected chi connectivity index (χ3v) is 4.43. The molecule has 2 N–H and O–H groups in total. The molecule has 25 heavy (non-hydrogen) atoms. The molecule has 2 aromatic carbocycles. The fourth-order valence-corrected chi connectivity index (χ4v) is 2.62. The molecule has 7 heteroatoms. The minimum atomic E-state index is -1.07. The van der Waals surface area contributed by atoms with Crippen LogP contribution in [0.3, 0.4) is 0 Å². The number of methoxy groups -OCH3 is 1. The molecule has 0 heterocycles. The minimum Gasteiger partial charge on any atom is -0.497 e. The SMILES string of the molecule is COc1ccc(C(=O)NCCNC(=O)c2ccc(S(C)=O)cc2)cc1. The third-order valence-electron chi connectivity index (χ3n) is 3.50. The van der Waals surface area contributed by atoms with E-state index in [0.717, 1.165) is 0 Å². The largest absolute Gasteiger partial charge is 0.497 e. The molecule has 0 aliphatic carbocycles. The van der Waals surface area contributed by atoms with Gasteiger partial charge in [-0.2, -0.15) is 0 Å². The van der Waals surface area contributed by atoms with Crippen LogP contribution in [0.4, 0.5) is 0 Å². The molecule has 2 amide bonds. The Morgan fingerprint density at radius 3 is 1.72 bits per heavy atom. The van der Waals surface area contributed by atoms with Crippen molar-refractivity contribution in [3.8, 4) is 5.75 Å². The van der Waals surface area contributed by atoms with Crippen LogP contribution in [0.5, 0.6) is 5.75 Å². The van der Waals surface area contributed by atoms with Gasteiger partial charge in [-0.05, 0) is 48.5 Å². The van der Waals surface area contributed by atoms with Crippen LogP contribution in [-0.4, -0.2) is 42.5 Å². The highest BCUT2D eigenvalue weighted by Gasteiger charge is 2.07. The maximum Gasteiger partial charge on any atom is 0.251 e. The Morgan fingerprint density at radius 1 is 0.880 bits per heavy atom. The van der Waals surface area contributed by atoms with E-state index >= 15 is 0 Å². The first-order valence-corrected chi connectivity index (χ1v) is 9.21.